The van der Waals surface area contributed by atoms with Crippen molar-refractivity contribution in [2.75, 3.05) is 26.2 Å². The summed E-state index contributed by atoms with van der Waals surface area (Å²) in [4.78, 5) is 14.3. The first kappa shape index (κ1) is 30.2. The van der Waals surface area contributed by atoms with Gasteiger partial charge in [-0.1, -0.05) is 79.7 Å². The van der Waals surface area contributed by atoms with Gasteiger partial charge in [-0.25, -0.2) is 4.79 Å². The van der Waals surface area contributed by atoms with Crippen molar-refractivity contribution in [1.82, 2.24) is 15.5 Å². The summed E-state index contributed by atoms with van der Waals surface area (Å²) in [5.74, 6) is 0.0877. The van der Waals surface area contributed by atoms with E-state index >= 15 is 0 Å². The van der Waals surface area contributed by atoms with E-state index in [4.69, 9.17) is 9.47 Å². The lowest BCUT2D eigenvalue weighted by Crippen LogP contribution is -2.46. The number of nitrogens with zero attached hydrogens (tertiary/aromatic N) is 1. The van der Waals surface area contributed by atoms with Crippen LogP contribution in [-0.2, 0) is 22.6 Å². The van der Waals surface area contributed by atoms with E-state index in [1.807, 2.05) is 49.4 Å². The molecule has 0 radical (unpaired) electrons. The molecule has 2 fully saturated rings. The van der Waals surface area contributed by atoms with Gasteiger partial charge in [0.25, 0.3) is 0 Å². The van der Waals surface area contributed by atoms with Crippen LogP contribution >= 0.6 is 0 Å². The molecule has 2 aliphatic heterocycles. The van der Waals surface area contributed by atoms with Crippen molar-refractivity contribution in [3.05, 3.63) is 95.1 Å². The Morgan fingerprint density at radius 1 is 0.952 bits per heavy atom. The number of carbonyl (C=O) groups is 1. The summed E-state index contributed by atoms with van der Waals surface area (Å²) in [5.41, 5.74) is 6.00. The van der Waals surface area contributed by atoms with Gasteiger partial charge in [0.15, 0.2) is 6.29 Å². The molecule has 5 rings (SSSR count). The van der Waals surface area contributed by atoms with Gasteiger partial charge in [0.2, 0.25) is 0 Å². The number of aliphatic hydroxyl groups is 2. The Kier molecular flexibility index (Phi) is 10.3. The highest BCUT2D eigenvalue weighted by molar-refractivity contribution is 5.74. The first-order valence-corrected chi connectivity index (χ1v) is 15.1. The second kappa shape index (κ2) is 14.3. The molecule has 2 heterocycles. The van der Waals surface area contributed by atoms with Crippen LogP contribution in [0.3, 0.4) is 0 Å². The van der Waals surface area contributed by atoms with Crippen LogP contribution in [0.2, 0.25) is 0 Å². The fraction of sp³-hybridized carbons (Fsp3) is 0.441. The molecular weight excluding hydrogens is 530 g/mol. The first-order valence-electron chi connectivity index (χ1n) is 15.1. The van der Waals surface area contributed by atoms with Crippen LogP contribution in [0.15, 0.2) is 72.8 Å². The molecule has 3 aromatic carbocycles. The number of ether oxygens (including phenoxy) is 2. The van der Waals surface area contributed by atoms with Gasteiger partial charge in [-0.15, -0.1) is 0 Å². The zero-order chi connectivity index (χ0) is 29.5. The average molecular weight is 574 g/mol. The van der Waals surface area contributed by atoms with Gasteiger partial charge in [0.05, 0.1) is 25.4 Å². The number of hydrogen-bond acceptors (Lipinski definition) is 6. The summed E-state index contributed by atoms with van der Waals surface area (Å²) in [6, 6.07) is 24.3. The molecule has 5 unspecified atom stereocenters. The molecule has 4 N–H and O–H groups in total. The Bertz CT molecular complexity index is 1300. The highest BCUT2D eigenvalue weighted by atomic mass is 16.7. The SMILES string of the molecule is CCNC(=O)NCc1ccccc1-c1ccc(C2OC(CN3CCCC3CO)C(C)C(c3ccc(CO)cc3)O2)cc1. The molecule has 0 spiro atoms. The van der Waals surface area contributed by atoms with E-state index in [1.54, 1.807) is 0 Å². The fourth-order valence-corrected chi connectivity index (χ4v) is 6.08. The van der Waals surface area contributed by atoms with Gasteiger partial charge < -0.3 is 30.3 Å². The predicted molar refractivity (Wildman–Crippen MR) is 162 cm³/mol. The van der Waals surface area contributed by atoms with Gasteiger partial charge in [0, 0.05) is 37.2 Å². The lowest BCUT2D eigenvalue weighted by molar-refractivity contribution is -0.276. The van der Waals surface area contributed by atoms with E-state index in [2.05, 4.69) is 52.8 Å². The van der Waals surface area contributed by atoms with Gasteiger partial charge in [-0.3, -0.25) is 4.90 Å². The lowest BCUT2D eigenvalue weighted by atomic mass is 9.89. The second-order valence-electron chi connectivity index (χ2n) is 11.3. The molecule has 2 saturated heterocycles. The fourth-order valence-electron chi connectivity index (χ4n) is 6.08. The van der Waals surface area contributed by atoms with Crippen molar-refractivity contribution in [3.63, 3.8) is 0 Å². The number of nitrogens with one attached hydrogen (secondary N) is 2. The second-order valence-corrected chi connectivity index (χ2v) is 11.3. The number of amides is 2. The van der Waals surface area contributed by atoms with Crippen molar-refractivity contribution in [2.24, 2.45) is 5.92 Å². The summed E-state index contributed by atoms with van der Waals surface area (Å²) in [6.07, 6.45) is 1.27. The molecule has 224 valence electrons. The maximum Gasteiger partial charge on any atom is 0.315 e. The lowest BCUT2D eigenvalue weighted by Gasteiger charge is -2.43. The Morgan fingerprint density at radius 3 is 2.40 bits per heavy atom. The Hall–Kier alpha value is -3.27. The number of rotatable bonds is 10. The number of aliphatic hydroxyl groups excluding tert-OH is 2. The highest BCUT2D eigenvalue weighted by Gasteiger charge is 2.40. The van der Waals surface area contributed by atoms with Gasteiger partial charge >= 0.3 is 6.03 Å². The van der Waals surface area contributed by atoms with E-state index in [0.29, 0.717) is 13.1 Å². The maximum absolute atomic E-state index is 12.0. The number of likely N-dealkylation sites (tertiary alicyclic amines) is 1. The van der Waals surface area contributed by atoms with Gasteiger partial charge in [-0.2, -0.15) is 0 Å². The van der Waals surface area contributed by atoms with Crippen LogP contribution in [0.5, 0.6) is 0 Å². The Labute approximate surface area is 248 Å². The quantitative estimate of drug-likeness (QED) is 0.275. The van der Waals surface area contributed by atoms with Crippen molar-refractivity contribution in [1.29, 1.82) is 0 Å². The summed E-state index contributed by atoms with van der Waals surface area (Å²) in [7, 11) is 0. The average Bonchev–Trinajstić information content (AvgIpc) is 3.48. The van der Waals surface area contributed by atoms with Crippen LogP contribution in [-0.4, -0.2) is 59.5 Å². The maximum atomic E-state index is 12.0. The number of hydrogen-bond donors (Lipinski definition) is 4. The van der Waals surface area contributed by atoms with Crippen LogP contribution in [0.4, 0.5) is 4.79 Å². The monoisotopic (exact) mass is 573 g/mol. The number of benzene rings is 3. The minimum absolute atomic E-state index is 0.00467. The third kappa shape index (κ3) is 7.02. The third-order valence-electron chi connectivity index (χ3n) is 8.54. The molecule has 0 aliphatic carbocycles. The third-order valence-corrected chi connectivity index (χ3v) is 8.54. The van der Waals surface area contributed by atoms with Crippen LogP contribution in [0, 0.1) is 5.92 Å². The minimum Gasteiger partial charge on any atom is -0.395 e. The Balaban J connectivity index is 1.37. The van der Waals surface area contributed by atoms with E-state index in [9.17, 15) is 15.0 Å². The topological polar surface area (TPSA) is 103 Å². The van der Waals surface area contributed by atoms with E-state index < -0.39 is 6.29 Å². The van der Waals surface area contributed by atoms with Crippen molar-refractivity contribution < 1.29 is 24.5 Å². The molecule has 0 bridgehead atoms. The molecular formula is C34H43N3O5. The van der Waals surface area contributed by atoms with Gasteiger partial charge in [-0.05, 0) is 54.1 Å². The van der Waals surface area contributed by atoms with Crippen LogP contribution in [0.25, 0.3) is 11.1 Å². The van der Waals surface area contributed by atoms with E-state index in [0.717, 1.165) is 59.3 Å². The predicted octanol–water partition coefficient (Wildman–Crippen LogP) is 4.91. The summed E-state index contributed by atoms with van der Waals surface area (Å²) in [5, 5.41) is 25.1. The Morgan fingerprint density at radius 2 is 1.69 bits per heavy atom. The molecule has 0 saturated carbocycles. The zero-order valence-electron chi connectivity index (χ0n) is 24.5. The van der Waals surface area contributed by atoms with Gasteiger partial charge in [0.1, 0.15) is 0 Å². The van der Waals surface area contributed by atoms with E-state index in [1.165, 1.54) is 0 Å². The van der Waals surface area contributed by atoms with Crippen LogP contribution in [0.1, 0.15) is 61.3 Å². The normalized spacial score (nSPS) is 24.4. The summed E-state index contributed by atoms with van der Waals surface area (Å²) < 4.78 is 13.3. The summed E-state index contributed by atoms with van der Waals surface area (Å²) in [6.45, 7) is 6.94. The molecule has 5 atom stereocenters. The van der Waals surface area contributed by atoms with E-state index in [-0.39, 0.29) is 43.4 Å². The van der Waals surface area contributed by atoms with Crippen molar-refractivity contribution >= 4 is 6.03 Å². The van der Waals surface area contributed by atoms with Crippen molar-refractivity contribution in [3.8, 4) is 11.1 Å². The molecule has 3 aromatic rings. The van der Waals surface area contributed by atoms with Crippen LogP contribution < -0.4 is 10.6 Å². The number of urea groups is 1. The first-order chi connectivity index (χ1) is 20.5. The van der Waals surface area contributed by atoms with Crippen molar-refractivity contribution in [2.45, 2.75) is 64.4 Å². The number of carbonyl (C=O) groups excluding carboxylic acids is 1. The summed E-state index contributed by atoms with van der Waals surface area (Å²) >= 11 is 0. The molecule has 8 nitrogen and oxygen atoms in total. The largest absolute Gasteiger partial charge is 0.395 e. The molecule has 2 amide bonds. The standard InChI is InChI=1S/C34H43N3O5/c1-3-35-34(40)36-19-28-7-4-5-9-30(28)25-14-16-27(17-15-25)33-41-31(20-37-18-6-8-29(37)22-39)23(2)32(42-33)26-12-10-24(21-38)11-13-26/h4-5,7,9-17,23,29,31-33,38-39H,3,6,8,18-22H2,1-2H3,(H2,35,36,40). The highest BCUT2D eigenvalue weighted by Crippen LogP contribution is 2.42. The molecule has 2 aliphatic rings. The molecule has 8 heteroatoms. The smallest absolute Gasteiger partial charge is 0.315 e. The molecule has 42 heavy (non-hydrogen) atoms. The molecule has 0 aromatic heterocycles. The minimum atomic E-state index is -0.549. The zero-order valence-corrected chi connectivity index (χ0v) is 24.5.